The highest BCUT2D eigenvalue weighted by molar-refractivity contribution is 8.01. The Labute approximate surface area is 144 Å². The fourth-order valence-electron chi connectivity index (χ4n) is 3.18. The number of para-hydroxylation sites is 1. The number of Topliss-reactive ketones (excluding diaryl/α,β-unsaturated/α-hetero) is 1. The summed E-state index contributed by atoms with van der Waals surface area (Å²) in [5.74, 6) is 0.0636. The lowest BCUT2D eigenvalue weighted by molar-refractivity contribution is -0.152. The number of thioether (sulfide) groups is 1. The molecule has 1 aromatic rings. The van der Waals surface area contributed by atoms with Crippen molar-refractivity contribution in [3.05, 3.63) is 29.8 Å². The summed E-state index contributed by atoms with van der Waals surface area (Å²) in [6.45, 7) is 1.61. The topological polar surface area (TPSA) is 72.9 Å². The summed E-state index contributed by atoms with van der Waals surface area (Å²) < 4.78 is 10.3. The number of nitrogens with zero attached hydrogens (tertiary/aromatic N) is 1. The maximum absolute atomic E-state index is 12.4. The number of ether oxygens (including phenoxy) is 2. The molecule has 0 radical (unpaired) electrons. The lowest BCUT2D eigenvalue weighted by Crippen LogP contribution is -2.46. The lowest BCUT2D eigenvalue weighted by atomic mass is 10.1. The number of carbonyl (C=O) groups excluding carboxylic acids is 3. The molecular weight excluding hydrogens is 330 g/mol. The van der Waals surface area contributed by atoms with Crippen LogP contribution in [-0.2, 0) is 14.3 Å². The van der Waals surface area contributed by atoms with Crippen molar-refractivity contribution in [2.45, 2.75) is 30.7 Å². The third-order valence-electron chi connectivity index (χ3n) is 4.47. The van der Waals surface area contributed by atoms with Gasteiger partial charge in [0.2, 0.25) is 11.7 Å². The highest BCUT2D eigenvalue weighted by Crippen LogP contribution is 2.47. The number of hydrogen-bond donors (Lipinski definition) is 0. The van der Waals surface area contributed by atoms with E-state index in [4.69, 9.17) is 9.47 Å². The molecule has 1 aromatic carbocycles. The lowest BCUT2D eigenvalue weighted by Gasteiger charge is -2.29. The van der Waals surface area contributed by atoms with Crippen molar-refractivity contribution >= 4 is 29.4 Å². The second-order valence-corrected chi connectivity index (χ2v) is 7.50. The molecule has 0 aliphatic carbocycles. The highest BCUT2D eigenvalue weighted by Gasteiger charge is 2.53. The summed E-state index contributed by atoms with van der Waals surface area (Å²) >= 11 is 1.59. The summed E-state index contributed by atoms with van der Waals surface area (Å²) in [5, 5.41) is 0. The molecule has 0 bridgehead atoms. The van der Waals surface area contributed by atoms with Gasteiger partial charge in [-0.2, -0.15) is 0 Å². The molecule has 2 fully saturated rings. The van der Waals surface area contributed by atoms with Crippen molar-refractivity contribution in [3.8, 4) is 5.75 Å². The van der Waals surface area contributed by atoms with Crippen LogP contribution in [0.4, 0.5) is 0 Å². The van der Waals surface area contributed by atoms with Crippen LogP contribution < -0.4 is 4.74 Å². The predicted octanol–water partition coefficient (Wildman–Crippen LogP) is 1.88. The molecule has 0 N–H and O–H groups in total. The molecule has 24 heavy (non-hydrogen) atoms. The first-order valence-corrected chi connectivity index (χ1v) is 8.74. The van der Waals surface area contributed by atoms with Crippen LogP contribution in [0.2, 0.25) is 0 Å². The van der Waals surface area contributed by atoms with Gasteiger partial charge < -0.3 is 14.4 Å². The number of fused-ring (bicyclic) bond motifs is 1. The molecule has 0 unspecified atom stereocenters. The highest BCUT2D eigenvalue weighted by atomic mass is 32.2. The smallest absolute Gasteiger partial charge is 0.330 e. The Balaban J connectivity index is 1.64. The largest absolute Gasteiger partial charge is 0.496 e. The molecule has 2 heterocycles. The van der Waals surface area contributed by atoms with Gasteiger partial charge in [0.25, 0.3) is 0 Å². The molecule has 0 spiro atoms. The quantitative estimate of drug-likeness (QED) is 0.597. The monoisotopic (exact) mass is 349 g/mol. The molecule has 7 heteroatoms. The molecule has 2 aliphatic rings. The minimum atomic E-state index is -0.611. The van der Waals surface area contributed by atoms with E-state index in [1.54, 1.807) is 40.9 Å². The number of esters is 1. The summed E-state index contributed by atoms with van der Waals surface area (Å²) in [6.07, 6.45) is 1.19. The molecule has 128 valence electrons. The molecule has 0 saturated carbocycles. The predicted molar refractivity (Wildman–Crippen MR) is 89.0 cm³/mol. The van der Waals surface area contributed by atoms with Crippen molar-refractivity contribution in [2.24, 2.45) is 0 Å². The SMILES string of the molecule is COc1ccccc1C(=O)COC(=O)[C@H]1CS[C@]2(C)CCC(=O)N12. The van der Waals surface area contributed by atoms with Gasteiger partial charge in [-0.3, -0.25) is 9.59 Å². The Morgan fingerprint density at radius 2 is 2.12 bits per heavy atom. The number of carbonyl (C=O) groups is 3. The molecule has 3 rings (SSSR count). The van der Waals surface area contributed by atoms with Crippen LogP contribution in [0.15, 0.2) is 24.3 Å². The molecule has 0 aromatic heterocycles. The van der Waals surface area contributed by atoms with Gasteiger partial charge in [-0.1, -0.05) is 12.1 Å². The van der Waals surface area contributed by atoms with Crippen molar-refractivity contribution in [3.63, 3.8) is 0 Å². The molecule has 2 atom stereocenters. The zero-order valence-electron chi connectivity index (χ0n) is 13.6. The zero-order valence-corrected chi connectivity index (χ0v) is 14.4. The van der Waals surface area contributed by atoms with E-state index < -0.39 is 12.0 Å². The van der Waals surface area contributed by atoms with E-state index in [2.05, 4.69) is 0 Å². The van der Waals surface area contributed by atoms with E-state index in [-0.39, 0.29) is 23.2 Å². The van der Waals surface area contributed by atoms with Gasteiger partial charge in [-0.05, 0) is 25.5 Å². The Hall–Kier alpha value is -2.02. The van der Waals surface area contributed by atoms with Crippen LogP contribution in [0.25, 0.3) is 0 Å². The van der Waals surface area contributed by atoms with Gasteiger partial charge in [-0.15, -0.1) is 11.8 Å². The van der Waals surface area contributed by atoms with E-state index in [1.165, 1.54) is 7.11 Å². The van der Waals surface area contributed by atoms with Gasteiger partial charge in [0.1, 0.15) is 11.8 Å². The van der Waals surface area contributed by atoms with E-state index in [9.17, 15) is 14.4 Å². The van der Waals surface area contributed by atoms with Gasteiger partial charge in [0.05, 0.1) is 17.5 Å². The maximum atomic E-state index is 12.4. The van der Waals surface area contributed by atoms with Crippen molar-refractivity contribution in [1.29, 1.82) is 0 Å². The Kier molecular flexibility index (Phi) is 4.54. The number of amides is 1. The van der Waals surface area contributed by atoms with Crippen LogP contribution in [-0.4, -0.2) is 52.9 Å². The number of benzene rings is 1. The first kappa shape index (κ1) is 16.8. The van der Waals surface area contributed by atoms with Gasteiger partial charge in [-0.25, -0.2) is 4.79 Å². The normalized spacial score (nSPS) is 25.5. The first-order chi connectivity index (χ1) is 11.5. The summed E-state index contributed by atoms with van der Waals surface area (Å²) in [4.78, 5) is 37.9. The summed E-state index contributed by atoms with van der Waals surface area (Å²) in [7, 11) is 1.48. The molecular formula is C17H19NO5S. The molecule has 6 nitrogen and oxygen atoms in total. The van der Waals surface area contributed by atoms with Gasteiger partial charge >= 0.3 is 5.97 Å². The van der Waals surface area contributed by atoms with Crippen LogP contribution in [0.3, 0.4) is 0 Å². The van der Waals surface area contributed by atoms with E-state index >= 15 is 0 Å². The van der Waals surface area contributed by atoms with Crippen molar-refractivity contribution in [2.75, 3.05) is 19.5 Å². The molecule has 2 aliphatic heterocycles. The fraction of sp³-hybridized carbons (Fsp3) is 0.471. The van der Waals surface area contributed by atoms with Crippen LogP contribution in [0.1, 0.15) is 30.1 Å². The third-order valence-corrected chi connectivity index (χ3v) is 5.97. The van der Waals surface area contributed by atoms with Gasteiger partial charge in [0, 0.05) is 12.2 Å². The first-order valence-electron chi connectivity index (χ1n) is 7.75. The average molecular weight is 349 g/mol. The summed E-state index contributed by atoms with van der Waals surface area (Å²) in [6, 6.07) is 6.18. The van der Waals surface area contributed by atoms with Crippen molar-refractivity contribution in [1.82, 2.24) is 4.90 Å². The molecule has 2 saturated heterocycles. The minimum Gasteiger partial charge on any atom is -0.496 e. The van der Waals surface area contributed by atoms with E-state index in [1.807, 2.05) is 6.92 Å². The minimum absolute atomic E-state index is 0.0273. The number of ketones is 1. The fourth-order valence-corrected chi connectivity index (χ4v) is 4.60. The number of methoxy groups -OCH3 is 1. The average Bonchev–Trinajstić information content (AvgIpc) is 3.08. The third kappa shape index (κ3) is 2.88. The van der Waals surface area contributed by atoms with Crippen molar-refractivity contribution < 1.29 is 23.9 Å². The number of hydrogen-bond acceptors (Lipinski definition) is 6. The molecule has 1 amide bonds. The summed E-state index contributed by atoms with van der Waals surface area (Å²) in [5.41, 5.74) is 0.371. The second-order valence-electron chi connectivity index (χ2n) is 6.00. The Morgan fingerprint density at radius 1 is 1.38 bits per heavy atom. The Bertz CT molecular complexity index is 691. The van der Waals surface area contributed by atoms with Crippen LogP contribution in [0, 0.1) is 0 Å². The zero-order chi connectivity index (χ0) is 17.3. The maximum Gasteiger partial charge on any atom is 0.330 e. The van der Waals surface area contributed by atoms with Crippen LogP contribution >= 0.6 is 11.8 Å². The van der Waals surface area contributed by atoms with E-state index in [0.717, 1.165) is 6.42 Å². The second kappa shape index (κ2) is 6.47. The Morgan fingerprint density at radius 3 is 2.88 bits per heavy atom. The van der Waals surface area contributed by atoms with Crippen LogP contribution in [0.5, 0.6) is 5.75 Å². The number of rotatable bonds is 5. The van der Waals surface area contributed by atoms with Gasteiger partial charge in [0.15, 0.2) is 6.61 Å². The standard InChI is InChI=1S/C17H19NO5S/c1-17-8-7-15(20)18(17)12(10-24-17)16(21)23-9-13(19)11-5-3-4-6-14(11)22-2/h3-6,12H,7-10H2,1-2H3/t12-,17-/m1/s1. The van der Waals surface area contributed by atoms with E-state index in [0.29, 0.717) is 23.5 Å².